The lowest BCUT2D eigenvalue weighted by molar-refractivity contribution is 0.0683. The van der Waals surface area contributed by atoms with Crippen LogP contribution in [0, 0.1) is 13.8 Å². The van der Waals surface area contributed by atoms with E-state index < -0.39 is 5.97 Å². The van der Waals surface area contributed by atoms with Gasteiger partial charge in [0.1, 0.15) is 0 Å². The van der Waals surface area contributed by atoms with Crippen LogP contribution in [-0.4, -0.2) is 20.5 Å². The predicted molar refractivity (Wildman–Crippen MR) is 77.1 cm³/mol. The second-order valence-electron chi connectivity index (χ2n) is 4.92. The van der Waals surface area contributed by atoms with Crippen molar-refractivity contribution in [2.45, 2.75) is 13.8 Å². The molecule has 0 aliphatic rings. The minimum absolute atomic E-state index is 0.0368. The van der Waals surface area contributed by atoms with Crippen molar-refractivity contribution in [3.8, 4) is 11.3 Å². The quantitative estimate of drug-likeness (QED) is 0.774. The van der Waals surface area contributed by atoms with Gasteiger partial charge in [-0.1, -0.05) is 23.3 Å². The molecule has 2 aromatic heterocycles. The summed E-state index contributed by atoms with van der Waals surface area (Å²) in [5, 5.41) is 9.27. The third-order valence-electron chi connectivity index (χ3n) is 3.23. The topological polar surface area (TPSA) is 54.6 Å². The summed E-state index contributed by atoms with van der Waals surface area (Å²) in [6.45, 7) is 4.04. The van der Waals surface area contributed by atoms with Gasteiger partial charge in [-0.3, -0.25) is 4.40 Å². The first kappa shape index (κ1) is 12.4. The summed E-state index contributed by atoms with van der Waals surface area (Å²) in [6, 6.07) is 11.7. The van der Waals surface area contributed by atoms with Gasteiger partial charge in [-0.05, 0) is 38.1 Å². The van der Waals surface area contributed by atoms with Crippen LogP contribution in [0.3, 0.4) is 0 Å². The van der Waals surface area contributed by atoms with Crippen molar-refractivity contribution in [3.05, 3.63) is 59.5 Å². The van der Waals surface area contributed by atoms with E-state index in [2.05, 4.69) is 11.1 Å². The Kier molecular flexibility index (Phi) is 2.79. The number of carboxylic acid groups (broad SMARTS) is 1. The largest absolute Gasteiger partial charge is 0.475 e. The number of hydrogen-bond donors (Lipinski definition) is 1. The summed E-state index contributed by atoms with van der Waals surface area (Å²) in [5.74, 6) is -0.989. The number of hydrogen-bond acceptors (Lipinski definition) is 2. The summed E-state index contributed by atoms with van der Waals surface area (Å²) >= 11 is 0. The number of aromatic carboxylic acids is 1. The van der Waals surface area contributed by atoms with E-state index in [0.717, 1.165) is 22.2 Å². The molecule has 1 N–H and O–H groups in total. The second-order valence-corrected chi connectivity index (χ2v) is 4.92. The van der Waals surface area contributed by atoms with Gasteiger partial charge in [-0.2, -0.15) is 0 Å². The number of benzene rings is 1. The number of carboxylic acids is 1. The number of pyridine rings is 1. The Labute approximate surface area is 116 Å². The summed E-state index contributed by atoms with van der Waals surface area (Å²) in [4.78, 5) is 15.6. The molecule has 2 heterocycles. The van der Waals surface area contributed by atoms with Crippen molar-refractivity contribution in [2.75, 3.05) is 0 Å². The van der Waals surface area contributed by atoms with Crippen LogP contribution in [0.4, 0.5) is 0 Å². The smallest absolute Gasteiger partial charge is 0.372 e. The Hall–Kier alpha value is -2.62. The average Bonchev–Trinajstić information content (AvgIpc) is 2.77. The van der Waals surface area contributed by atoms with E-state index in [4.69, 9.17) is 0 Å². The molecule has 4 nitrogen and oxygen atoms in total. The lowest BCUT2D eigenvalue weighted by atomic mass is 10.0. The van der Waals surface area contributed by atoms with Gasteiger partial charge in [0.05, 0.1) is 11.2 Å². The molecule has 0 fully saturated rings. The van der Waals surface area contributed by atoms with Gasteiger partial charge in [0.25, 0.3) is 0 Å². The molecule has 0 atom stereocenters. The summed E-state index contributed by atoms with van der Waals surface area (Å²) in [7, 11) is 0. The molecule has 100 valence electrons. The van der Waals surface area contributed by atoms with Crippen LogP contribution in [0.5, 0.6) is 0 Å². The number of aromatic nitrogens is 2. The van der Waals surface area contributed by atoms with Crippen LogP contribution in [0.15, 0.2) is 42.6 Å². The van der Waals surface area contributed by atoms with Crippen LogP contribution < -0.4 is 0 Å². The Morgan fingerprint density at radius 2 is 1.85 bits per heavy atom. The maximum absolute atomic E-state index is 11.3. The molecule has 0 spiro atoms. The molecule has 0 aliphatic heterocycles. The molecule has 0 bridgehead atoms. The Bertz CT molecular complexity index is 798. The molecule has 0 amide bonds. The highest BCUT2D eigenvalue weighted by Gasteiger charge is 2.17. The van der Waals surface area contributed by atoms with Gasteiger partial charge >= 0.3 is 5.97 Å². The van der Waals surface area contributed by atoms with Crippen molar-refractivity contribution in [1.82, 2.24) is 9.38 Å². The molecule has 4 heteroatoms. The highest BCUT2D eigenvalue weighted by Crippen LogP contribution is 2.26. The third-order valence-corrected chi connectivity index (χ3v) is 3.23. The van der Waals surface area contributed by atoms with Crippen LogP contribution in [-0.2, 0) is 0 Å². The molecule has 3 rings (SSSR count). The molecule has 1 aromatic carbocycles. The zero-order valence-corrected chi connectivity index (χ0v) is 11.3. The minimum atomic E-state index is -1.03. The molecule has 0 saturated carbocycles. The van der Waals surface area contributed by atoms with E-state index in [1.54, 1.807) is 16.7 Å². The summed E-state index contributed by atoms with van der Waals surface area (Å²) in [6.07, 6.45) is 1.72. The lowest BCUT2D eigenvalue weighted by Gasteiger charge is -2.03. The number of fused-ring (bicyclic) bond motifs is 1. The fourth-order valence-corrected chi connectivity index (χ4v) is 2.51. The van der Waals surface area contributed by atoms with Crippen molar-refractivity contribution >= 4 is 11.5 Å². The van der Waals surface area contributed by atoms with E-state index in [9.17, 15) is 9.90 Å². The average molecular weight is 266 g/mol. The first-order valence-electron chi connectivity index (χ1n) is 6.35. The third kappa shape index (κ3) is 1.95. The number of nitrogens with zero attached hydrogens (tertiary/aromatic N) is 2. The van der Waals surface area contributed by atoms with E-state index >= 15 is 0 Å². The van der Waals surface area contributed by atoms with Gasteiger partial charge in [-0.15, -0.1) is 0 Å². The van der Waals surface area contributed by atoms with E-state index in [0.29, 0.717) is 5.69 Å². The fourth-order valence-electron chi connectivity index (χ4n) is 2.51. The minimum Gasteiger partial charge on any atom is -0.475 e. The van der Waals surface area contributed by atoms with Gasteiger partial charge in [0.2, 0.25) is 5.82 Å². The van der Waals surface area contributed by atoms with Gasteiger partial charge < -0.3 is 5.11 Å². The molecule has 0 radical (unpaired) electrons. The standard InChI is InChI=1S/C16H14N2O2/c1-10-7-11(2)9-12(8-10)14-13-5-3-4-6-18(13)15(17-14)16(19)20/h3-9H,1-2H3,(H,19,20). The number of rotatable bonds is 2. The first-order valence-corrected chi connectivity index (χ1v) is 6.35. The van der Waals surface area contributed by atoms with Crippen LogP contribution in [0.2, 0.25) is 0 Å². The van der Waals surface area contributed by atoms with E-state index in [1.807, 2.05) is 38.1 Å². The molecule has 0 aliphatic carbocycles. The molecule has 20 heavy (non-hydrogen) atoms. The highest BCUT2D eigenvalue weighted by atomic mass is 16.4. The fraction of sp³-hybridized carbons (Fsp3) is 0.125. The maximum atomic E-state index is 11.3. The predicted octanol–water partition coefficient (Wildman–Crippen LogP) is 3.32. The number of aryl methyl sites for hydroxylation is 2. The normalized spacial score (nSPS) is 10.9. The molecule has 3 aromatic rings. The SMILES string of the molecule is Cc1cc(C)cc(-c2nc(C(=O)O)n3ccccc23)c1. The zero-order chi connectivity index (χ0) is 14.3. The molecule has 0 saturated heterocycles. The van der Waals surface area contributed by atoms with Gasteiger partial charge in [0, 0.05) is 11.8 Å². The van der Waals surface area contributed by atoms with Gasteiger partial charge in [-0.25, -0.2) is 9.78 Å². The molecular weight excluding hydrogens is 252 g/mol. The second kappa shape index (κ2) is 4.49. The Balaban J connectivity index is 2.33. The zero-order valence-electron chi connectivity index (χ0n) is 11.3. The van der Waals surface area contributed by atoms with Crippen molar-refractivity contribution < 1.29 is 9.90 Å². The van der Waals surface area contributed by atoms with Crippen LogP contribution >= 0.6 is 0 Å². The summed E-state index contributed by atoms with van der Waals surface area (Å²) < 4.78 is 1.61. The first-order chi connectivity index (χ1) is 9.56. The molecular formula is C16H14N2O2. The molecule has 0 unspecified atom stereocenters. The van der Waals surface area contributed by atoms with Crippen LogP contribution in [0.1, 0.15) is 21.7 Å². The highest BCUT2D eigenvalue weighted by molar-refractivity contribution is 5.89. The van der Waals surface area contributed by atoms with Crippen molar-refractivity contribution in [1.29, 1.82) is 0 Å². The van der Waals surface area contributed by atoms with Crippen molar-refractivity contribution in [2.24, 2.45) is 0 Å². The van der Waals surface area contributed by atoms with E-state index in [1.165, 1.54) is 0 Å². The lowest BCUT2D eigenvalue weighted by Crippen LogP contribution is -2.02. The number of imidazole rings is 1. The summed E-state index contributed by atoms with van der Waals surface area (Å²) in [5.41, 5.74) is 4.71. The number of carbonyl (C=O) groups is 1. The Morgan fingerprint density at radius 3 is 2.50 bits per heavy atom. The Morgan fingerprint density at radius 1 is 1.15 bits per heavy atom. The van der Waals surface area contributed by atoms with Crippen molar-refractivity contribution in [3.63, 3.8) is 0 Å². The monoisotopic (exact) mass is 266 g/mol. The van der Waals surface area contributed by atoms with E-state index in [-0.39, 0.29) is 5.82 Å². The van der Waals surface area contributed by atoms with Crippen LogP contribution in [0.25, 0.3) is 16.8 Å². The maximum Gasteiger partial charge on any atom is 0.372 e. The van der Waals surface area contributed by atoms with Gasteiger partial charge in [0.15, 0.2) is 0 Å².